The van der Waals surface area contributed by atoms with E-state index < -0.39 is 0 Å². The predicted octanol–water partition coefficient (Wildman–Crippen LogP) is 2.36. The van der Waals surface area contributed by atoms with Gasteiger partial charge >= 0.3 is 0 Å². The summed E-state index contributed by atoms with van der Waals surface area (Å²) in [5.41, 5.74) is 1.21. The fourth-order valence-corrected chi connectivity index (χ4v) is 1.92. The summed E-state index contributed by atoms with van der Waals surface area (Å²) < 4.78 is 16.5. The first kappa shape index (κ1) is 14.2. The van der Waals surface area contributed by atoms with Crippen LogP contribution >= 0.6 is 0 Å². The molecule has 2 rings (SSSR count). The SMILES string of the molecule is CCCCOCCNCc1ccc2c(c1)OCCO2. The minimum absolute atomic E-state index is 0.634. The van der Waals surface area contributed by atoms with Gasteiger partial charge in [-0.25, -0.2) is 0 Å². The molecule has 0 amide bonds. The first-order valence-electron chi connectivity index (χ1n) is 7.07. The van der Waals surface area contributed by atoms with Gasteiger partial charge in [0.1, 0.15) is 13.2 Å². The number of hydrogen-bond donors (Lipinski definition) is 1. The first-order valence-corrected chi connectivity index (χ1v) is 7.07. The monoisotopic (exact) mass is 265 g/mol. The van der Waals surface area contributed by atoms with E-state index in [0.717, 1.165) is 44.2 Å². The van der Waals surface area contributed by atoms with Gasteiger partial charge in [0.05, 0.1) is 6.61 Å². The zero-order valence-electron chi connectivity index (χ0n) is 11.6. The number of rotatable bonds is 8. The maximum Gasteiger partial charge on any atom is 0.161 e. The molecule has 4 nitrogen and oxygen atoms in total. The molecule has 0 spiro atoms. The molecular formula is C15H23NO3. The van der Waals surface area contributed by atoms with Crippen LogP contribution in [-0.4, -0.2) is 33.0 Å². The van der Waals surface area contributed by atoms with Crippen LogP contribution in [0, 0.1) is 0 Å². The van der Waals surface area contributed by atoms with E-state index in [1.54, 1.807) is 0 Å². The number of ether oxygens (including phenoxy) is 3. The van der Waals surface area contributed by atoms with Gasteiger partial charge < -0.3 is 19.5 Å². The second kappa shape index (κ2) is 8.02. The van der Waals surface area contributed by atoms with E-state index >= 15 is 0 Å². The van der Waals surface area contributed by atoms with Gasteiger partial charge in [-0.3, -0.25) is 0 Å². The van der Waals surface area contributed by atoms with Gasteiger partial charge in [-0.15, -0.1) is 0 Å². The summed E-state index contributed by atoms with van der Waals surface area (Å²) in [7, 11) is 0. The largest absolute Gasteiger partial charge is 0.486 e. The van der Waals surface area contributed by atoms with Crippen LogP contribution in [0.4, 0.5) is 0 Å². The molecule has 0 saturated carbocycles. The maximum absolute atomic E-state index is 5.56. The molecule has 19 heavy (non-hydrogen) atoms. The number of hydrogen-bond acceptors (Lipinski definition) is 4. The molecule has 1 aromatic carbocycles. The zero-order valence-corrected chi connectivity index (χ0v) is 11.6. The van der Waals surface area contributed by atoms with Gasteiger partial charge in [-0.2, -0.15) is 0 Å². The third kappa shape index (κ3) is 4.73. The highest BCUT2D eigenvalue weighted by Gasteiger charge is 2.11. The second-order valence-electron chi connectivity index (χ2n) is 4.62. The normalized spacial score (nSPS) is 13.5. The fourth-order valence-electron chi connectivity index (χ4n) is 1.92. The summed E-state index contributed by atoms with van der Waals surface area (Å²) in [4.78, 5) is 0. The van der Waals surface area contributed by atoms with E-state index in [1.165, 1.54) is 12.0 Å². The van der Waals surface area contributed by atoms with E-state index in [1.807, 2.05) is 12.1 Å². The molecule has 1 heterocycles. The minimum atomic E-state index is 0.634. The van der Waals surface area contributed by atoms with Crippen LogP contribution in [0.15, 0.2) is 18.2 Å². The van der Waals surface area contributed by atoms with Gasteiger partial charge in [0, 0.05) is 19.7 Å². The topological polar surface area (TPSA) is 39.7 Å². The summed E-state index contributed by atoms with van der Waals surface area (Å²) >= 11 is 0. The van der Waals surface area contributed by atoms with E-state index in [0.29, 0.717) is 13.2 Å². The van der Waals surface area contributed by atoms with E-state index in [-0.39, 0.29) is 0 Å². The molecule has 1 aromatic rings. The molecule has 0 atom stereocenters. The third-order valence-corrected chi connectivity index (χ3v) is 3.00. The van der Waals surface area contributed by atoms with E-state index in [4.69, 9.17) is 14.2 Å². The smallest absolute Gasteiger partial charge is 0.161 e. The molecule has 0 unspecified atom stereocenters. The van der Waals surface area contributed by atoms with Crippen molar-refractivity contribution in [2.24, 2.45) is 0 Å². The van der Waals surface area contributed by atoms with Gasteiger partial charge in [-0.05, 0) is 24.1 Å². The fraction of sp³-hybridized carbons (Fsp3) is 0.600. The zero-order chi connectivity index (χ0) is 13.3. The quantitative estimate of drug-likeness (QED) is 0.733. The van der Waals surface area contributed by atoms with Crippen molar-refractivity contribution in [3.8, 4) is 11.5 Å². The third-order valence-electron chi connectivity index (χ3n) is 3.00. The molecule has 0 aromatic heterocycles. The molecule has 0 fully saturated rings. The average Bonchev–Trinajstić information content (AvgIpc) is 2.46. The Labute approximate surface area is 115 Å². The van der Waals surface area contributed by atoms with Crippen molar-refractivity contribution < 1.29 is 14.2 Å². The molecule has 1 N–H and O–H groups in total. The Morgan fingerprint density at radius 2 is 2.00 bits per heavy atom. The molecule has 0 saturated heterocycles. The Morgan fingerprint density at radius 3 is 2.84 bits per heavy atom. The molecule has 0 bridgehead atoms. The van der Waals surface area contributed by atoms with Crippen LogP contribution in [0.5, 0.6) is 11.5 Å². The highest BCUT2D eigenvalue weighted by Crippen LogP contribution is 2.30. The number of fused-ring (bicyclic) bond motifs is 1. The lowest BCUT2D eigenvalue weighted by atomic mass is 10.2. The van der Waals surface area contributed by atoms with Crippen LogP contribution in [-0.2, 0) is 11.3 Å². The maximum atomic E-state index is 5.56. The minimum Gasteiger partial charge on any atom is -0.486 e. The van der Waals surface area contributed by atoms with E-state index in [9.17, 15) is 0 Å². The lowest BCUT2D eigenvalue weighted by Crippen LogP contribution is -2.20. The Bertz CT molecular complexity index is 382. The van der Waals surface area contributed by atoms with Crippen molar-refractivity contribution in [2.45, 2.75) is 26.3 Å². The summed E-state index contributed by atoms with van der Waals surface area (Å²) in [5.74, 6) is 1.70. The van der Waals surface area contributed by atoms with Crippen molar-refractivity contribution in [2.75, 3.05) is 33.0 Å². The Morgan fingerprint density at radius 1 is 1.16 bits per heavy atom. The van der Waals surface area contributed by atoms with Gasteiger partial charge in [0.2, 0.25) is 0 Å². The van der Waals surface area contributed by atoms with Gasteiger partial charge in [-0.1, -0.05) is 19.4 Å². The summed E-state index contributed by atoms with van der Waals surface area (Å²) in [6, 6.07) is 6.08. The van der Waals surface area contributed by atoms with Crippen LogP contribution in [0.25, 0.3) is 0 Å². The molecule has 4 heteroatoms. The lowest BCUT2D eigenvalue weighted by Gasteiger charge is -2.19. The Hall–Kier alpha value is -1.26. The standard InChI is InChI=1S/C15H23NO3/c1-2-3-7-17-8-6-16-12-13-4-5-14-15(11-13)19-10-9-18-14/h4-5,11,16H,2-3,6-10,12H2,1H3. The first-order chi connectivity index (χ1) is 9.40. The van der Waals surface area contributed by atoms with Gasteiger partial charge in [0.15, 0.2) is 11.5 Å². The van der Waals surface area contributed by atoms with Crippen molar-refractivity contribution in [3.05, 3.63) is 23.8 Å². The van der Waals surface area contributed by atoms with Crippen molar-refractivity contribution in [1.29, 1.82) is 0 Å². The van der Waals surface area contributed by atoms with Crippen LogP contribution in [0.2, 0.25) is 0 Å². The van der Waals surface area contributed by atoms with Crippen molar-refractivity contribution >= 4 is 0 Å². The second-order valence-corrected chi connectivity index (χ2v) is 4.62. The van der Waals surface area contributed by atoms with Crippen LogP contribution in [0.3, 0.4) is 0 Å². The van der Waals surface area contributed by atoms with Crippen molar-refractivity contribution in [3.63, 3.8) is 0 Å². The highest BCUT2D eigenvalue weighted by atomic mass is 16.6. The predicted molar refractivity (Wildman–Crippen MR) is 74.9 cm³/mol. The lowest BCUT2D eigenvalue weighted by molar-refractivity contribution is 0.133. The Balaban J connectivity index is 1.66. The van der Waals surface area contributed by atoms with Gasteiger partial charge in [0.25, 0.3) is 0 Å². The molecule has 0 radical (unpaired) electrons. The number of nitrogens with one attached hydrogen (secondary N) is 1. The summed E-state index contributed by atoms with van der Waals surface area (Å²) in [6.07, 6.45) is 2.33. The van der Waals surface area contributed by atoms with Crippen LogP contribution in [0.1, 0.15) is 25.3 Å². The summed E-state index contributed by atoms with van der Waals surface area (Å²) in [6.45, 7) is 6.77. The highest BCUT2D eigenvalue weighted by molar-refractivity contribution is 5.43. The van der Waals surface area contributed by atoms with E-state index in [2.05, 4.69) is 18.3 Å². The molecule has 1 aliphatic rings. The molecule has 106 valence electrons. The summed E-state index contributed by atoms with van der Waals surface area (Å²) in [5, 5.41) is 3.36. The average molecular weight is 265 g/mol. The van der Waals surface area contributed by atoms with Crippen LogP contribution < -0.4 is 14.8 Å². The molecular weight excluding hydrogens is 242 g/mol. The van der Waals surface area contributed by atoms with Crippen molar-refractivity contribution in [1.82, 2.24) is 5.32 Å². The molecule has 0 aliphatic carbocycles. The number of benzene rings is 1. The number of unbranched alkanes of at least 4 members (excludes halogenated alkanes) is 1. The molecule has 1 aliphatic heterocycles. The Kier molecular flexibility index (Phi) is 5.98.